The molecule has 1 aromatic heterocycles. The normalized spacial score (nSPS) is 12.1. The van der Waals surface area contributed by atoms with Crippen molar-refractivity contribution in [2.75, 3.05) is 18.5 Å². The van der Waals surface area contributed by atoms with Gasteiger partial charge in [0.1, 0.15) is 6.07 Å². The van der Waals surface area contributed by atoms with E-state index in [1.807, 2.05) is 38.1 Å². The van der Waals surface area contributed by atoms with Crippen LogP contribution < -0.4 is 5.32 Å². The van der Waals surface area contributed by atoms with Gasteiger partial charge in [0.05, 0.1) is 23.4 Å². The van der Waals surface area contributed by atoms with Gasteiger partial charge in [-0.2, -0.15) is 5.26 Å². The van der Waals surface area contributed by atoms with Gasteiger partial charge in [0, 0.05) is 24.2 Å². The molecule has 1 aromatic carbocycles. The number of aromatic nitrogens is 1. The van der Waals surface area contributed by atoms with Gasteiger partial charge < -0.3 is 10.1 Å². The first kappa shape index (κ1) is 13.3. The Morgan fingerprint density at radius 3 is 2.95 bits per heavy atom. The van der Waals surface area contributed by atoms with Crippen LogP contribution in [0.4, 0.5) is 5.69 Å². The summed E-state index contributed by atoms with van der Waals surface area (Å²) < 4.78 is 5.39. The van der Waals surface area contributed by atoms with E-state index in [4.69, 9.17) is 4.74 Å². The topological polar surface area (TPSA) is 57.9 Å². The number of nitrogens with zero attached hydrogens (tertiary/aromatic N) is 2. The molecule has 1 unspecified atom stereocenters. The zero-order valence-corrected chi connectivity index (χ0v) is 11.2. The molecule has 0 fully saturated rings. The minimum Gasteiger partial charge on any atom is -0.380 e. The smallest absolute Gasteiger partial charge is 0.103 e. The predicted molar refractivity (Wildman–Crippen MR) is 76.0 cm³/mol. The van der Waals surface area contributed by atoms with Gasteiger partial charge in [-0.1, -0.05) is 18.2 Å². The Hall–Kier alpha value is -2.12. The van der Waals surface area contributed by atoms with E-state index in [1.165, 1.54) is 0 Å². The summed E-state index contributed by atoms with van der Waals surface area (Å²) in [6.07, 6.45) is 1.61. The molecular weight excluding hydrogens is 238 g/mol. The van der Waals surface area contributed by atoms with Gasteiger partial charge in [0.2, 0.25) is 0 Å². The molecule has 2 rings (SSSR count). The van der Waals surface area contributed by atoms with Crippen molar-refractivity contribution in [1.29, 1.82) is 5.26 Å². The van der Waals surface area contributed by atoms with Crippen LogP contribution in [0.3, 0.4) is 0 Å². The predicted octanol–water partition coefficient (Wildman–Crippen LogP) is 2.94. The Morgan fingerprint density at radius 1 is 1.42 bits per heavy atom. The molecule has 0 saturated carbocycles. The molecule has 4 heteroatoms. The summed E-state index contributed by atoms with van der Waals surface area (Å²) in [4.78, 5) is 4.29. The van der Waals surface area contributed by atoms with Crippen LogP contribution in [0.5, 0.6) is 0 Å². The number of pyridine rings is 1. The van der Waals surface area contributed by atoms with Crippen LogP contribution in [0.2, 0.25) is 0 Å². The lowest BCUT2D eigenvalue weighted by Crippen LogP contribution is -2.22. The van der Waals surface area contributed by atoms with Crippen molar-refractivity contribution < 1.29 is 4.74 Å². The van der Waals surface area contributed by atoms with Gasteiger partial charge in [-0.3, -0.25) is 4.98 Å². The lowest BCUT2D eigenvalue weighted by molar-refractivity contribution is 0.141. The fourth-order valence-electron chi connectivity index (χ4n) is 1.96. The van der Waals surface area contributed by atoms with Gasteiger partial charge in [0.15, 0.2) is 0 Å². The van der Waals surface area contributed by atoms with Gasteiger partial charge in [-0.25, -0.2) is 0 Å². The zero-order valence-electron chi connectivity index (χ0n) is 11.2. The first-order valence-electron chi connectivity index (χ1n) is 6.38. The lowest BCUT2D eigenvalue weighted by Gasteiger charge is -2.17. The van der Waals surface area contributed by atoms with E-state index in [9.17, 15) is 5.26 Å². The molecule has 0 amide bonds. The van der Waals surface area contributed by atoms with E-state index in [-0.39, 0.29) is 6.04 Å². The highest BCUT2D eigenvalue weighted by atomic mass is 16.5. The second-order valence-electron chi connectivity index (χ2n) is 4.38. The number of ether oxygens (including phenoxy) is 1. The highest BCUT2D eigenvalue weighted by Crippen LogP contribution is 2.25. The molecule has 0 aliphatic rings. The van der Waals surface area contributed by atoms with Crippen molar-refractivity contribution in [3.05, 3.63) is 36.0 Å². The van der Waals surface area contributed by atoms with Crippen LogP contribution in [0.1, 0.15) is 19.4 Å². The van der Waals surface area contributed by atoms with E-state index < -0.39 is 0 Å². The number of rotatable bonds is 5. The molecule has 1 heterocycles. The van der Waals surface area contributed by atoms with Crippen LogP contribution in [-0.4, -0.2) is 24.2 Å². The number of hydrogen-bond donors (Lipinski definition) is 1. The number of para-hydroxylation sites is 1. The van der Waals surface area contributed by atoms with Crippen LogP contribution in [-0.2, 0) is 4.74 Å². The Kier molecular flexibility index (Phi) is 4.32. The zero-order chi connectivity index (χ0) is 13.7. The van der Waals surface area contributed by atoms with E-state index >= 15 is 0 Å². The third-order valence-corrected chi connectivity index (χ3v) is 2.86. The van der Waals surface area contributed by atoms with E-state index in [2.05, 4.69) is 16.4 Å². The van der Waals surface area contributed by atoms with Crippen LogP contribution in [0.15, 0.2) is 30.5 Å². The number of hydrogen-bond acceptors (Lipinski definition) is 4. The standard InChI is InChI=1S/C15H17N3O/c1-3-19-10-11(2)18-15-12(8-16)9-17-14-7-5-4-6-13(14)15/h4-7,9,11H,3,10H2,1-2H3,(H,17,18). The Morgan fingerprint density at radius 2 is 2.21 bits per heavy atom. The van der Waals surface area contributed by atoms with Crippen molar-refractivity contribution in [3.8, 4) is 6.07 Å². The average Bonchev–Trinajstić information content (AvgIpc) is 2.45. The number of benzene rings is 1. The number of fused-ring (bicyclic) bond motifs is 1. The minimum absolute atomic E-state index is 0.137. The van der Waals surface area contributed by atoms with Crippen molar-refractivity contribution in [2.45, 2.75) is 19.9 Å². The first-order chi connectivity index (χ1) is 9.26. The Balaban J connectivity index is 2.37. The number of nitrogens with one attached hydrogen (secondary N) is 1. The van der Waals surface area contributed by atoms with Gasteiger partial charge >= 0.3 is 0 Å². The highest BCUT2D eigenvalue weighted by molar-refractivity contribution is 5.93. The molecular formula is C15H17N3O. The molecule has 0 bridgehead atoms. The van der Waals surface area contributed by atoms with Gasteiger partial charge in [0.25, 0.3) is 0 Å². The molecule has 0 radical (unpaired) electrons. The maximum Gasteiger partial charge on any atom is 0.103 e. The second-order valence-corrected chi connectivity index (χ2v) is 4.38. The molecule has 0 spiro atoms. The molecule has 2 aromatic rings. The highest BCUT2D eigenvalue weighted by Gasteiger charge is 2.11. The summed E-state index contributed by atoms with van der Waals surface area (Å²) in [5.74, 6) is 0. The third-order valence-electron chi connectivity index (χ3n) is 2.86. The summed E-state index contributed by atoms with van der Waals surface area (Å²) in [6.45, 7) is 5.30. The number of anilines is 1. The number of nitriles is 1. The molecule has 0 aliphatic heterocycles. The summed E-state index contributed by atoms with van der Waals surface area (Å²) in [5, 5.41) is 13.5. The molecule has 1 atom stereocenters. The Labute approximate surface area is 113 Å². The largest absolute Gasteiger partial charge is 0.380 e. The fraction of sp³-hybridized carbons (Fsp3) is 0.333. The summed E-state index contributed by atoms with van der Waals surface area (Å²) in [6, 6.07) is 10.1. The maximum atomic E-state index is 9.21. The summed E-state index contributed by atoms with van der Waals surface area (Å²) in [5.41, 5.74) is 2.27. The first-order valence-corrected chi connectivity index (χ1v) is 6.38. The van der Waals surface area contributed by atoms with Gasteiger partial charge in [-0.05, 0) is 19.9 Å². The van der Waals surface area contributed by atoms with Crippen molar-refractivity contribution >= 4 is 16.6 Å². The lowest BCUT2D eigenvalue weighted by atomic mass is 10.1. The minimum atomic E-state index is 0.137. The maximum absolute atomic E-state index is 9.21. The monoisotopic (exact) mass is 255 g/mol. The SMILES string of the molecule is CCOCC(C)Nc1c(C#N)cnc2ccccc12. The molecule has 0 saturated heterocycles. The van der Waals surface area contributed by atoms with E-state index in [0.29, 0.717) is 18.8 Å². The summed E-state index contributed by atoms with van der Waals surface area (Å²) in [7, 11) is 0. The second kappa shape index (κ2) is 6.17. The molecule has 0 aliphatic carbocycles. The average molecular weight is 255 g/mol. The van der Waals surface area contributed by atoms with Crippen molar-refractivity contribution in [2.24, 2.45) is 0 Å². The molecule has 19 heavy (non-hydrogen) atoms. The quantitative estimate of drug-likeness (QED) is 0.892. The Bertz CT molecular complexity index is 604. The molecule has 4 nitrogen and oxygen atoms in total. The van der Waals surface area contributed by atoms with Crippen LogP contribution in [0, 0.1) is 11.3 Å². The van der Waals surface area contributed by atoms with Crippen LogP contribution in [0.25, 0.3) is 10.9 Å². The molecule has 98 valence electrons. The van der Waals surface area contributed by atoms with Gasteiger partial charge in [-0.15, -0.1) is 0 Å². The van der Waals surface area contributed by atoms with E-state index in [1.54, 1.807) is 6.20 Å². The van der Waals surface area contributed by atoms with E-state index in [0.717, 1.165) is 16.6 Å². The van der Waals surface area contributed by atoms with Crippen molar-refractivity contribution in [3.63, 3.8) is 0 Å². The van der Waals surface area contributed by atoms with Crippen molar-refractivity contribution in [1.82, 2.24) is 4.98 Å². The fourth-order valence-corrected chi connectivity index (χ4v) is 1.96. The van der Waals surface area contributed by atoms with Crippen LogP contribution >= 0.6 is 0 Å². The third kappa shape index (κ3) is 3.01. The molecule has 1 N–H and O–H groups in total. The summed E-state index contributed by atoms with van der Waals surface area (Å²) >= 11 is 0.